The summed E-state index contributed by atoms with van der Waals surface area (Å²) in [5, 5.41) is 0.510. The molecular formula is C12H10N2O4. The zero-order chi connectivity index (χ0) is 13.0. The van der Waals surface area contributed by atoms with Crippen LogP contribution in [0.5, 0.6) is 0 Å². The topological polar surface area (TPSA) is 76.6 Å². The molecule has 0 aliphatic carbocycles. The van der Waals surface area contributed by atoms with Crippen LogP contribution >= 0.6 is 0 Å². The maximum Gasteiger partial charge on any atom is 0.356 e. The lowest BCUT2D eigenvalue weighted by Gasteiger charge is -2.10. The van der Waals surface area contributed by atoms with E-state index in [1.165, 1.54) is 6.08 Å². The average molecular weight is 246 g/mol. The van der Waals surface area contributed by atoms with Gasteiger partial charge in [0.2, 0.25) is 0 Å². The molecule has 1 aromatic rings. The van der Waals surface area contributed by atoms with Crippen LogP contribution in [0, 0.1) is 0 Å². The largest absolute Gasteiger partial charge is 0.356 e. The first-order valence-corrected chi connectivity index (χ1v) is 5.32. The Labute approximate surface area is 103 Å². The fourth-order valence-corrected chi connectivity index (χ4v) is 1.42. The Bertz CT molecular complexity index is 494. The molecule has 0 radical (unpaired) electrons. The van der Waals surface area contributed by atoms with Crippen molar-refractivity contribution in [3.8, 4) is 0 Å². The van der Waals surface area contributed by atoms with Gasteiger partial charge in [0.25, 0.3) is 11.8 Å². The molecule has 2 amide bonds. The molecule has 0 bridgehead atoms. The highest BCUT2D eigenvalue weighted by molar-refractivity contribution is 6.02. The van der Waals surface area contributed by atoms with Gasteiger partial charge in [0, 0.05) is 31.3 Å². The number of nitrogens with zero attached hydrogens (tertiary/aromatic N) is 2. The first kappa shape index (κ1) is 12.0. The predicted octanol–water partition coefficient (Wildman–Crippen LogP) is 0.702. The fourth-order valence-electron chi connectivity index (χ4n) is 1.42. The predicted molar refractivity (Wildman–Crippen MR) is 60.5 cm³/mol. The molecule has 0 aromatic carbocycles. The van der Waals surface area contributed by atoms with Gasteiger partial charge < -0.3 is 4.84 Å². The third-order valence-corrected chi connectivity index (χ3v) is 2.28. The first-order valence-electron chi connectivity index (χ1n) is 5.32. The van der Waals surface area contributed by atoms with Gasteiger partial charge in [-0.2, -0.15) is 0 Å². The molecule has 6 nitrogen and oxygen atoms in total. The van der Waals surface area contributed by atoms with E-state index in [4.69, 9.17) is 0 Å². The Morgan fingerprint density at radius 1 is 1.33 bits per heavy atom. The Balaban J connectivity index is 1.95. The van der Waals surface area contributed by atoms with Crippen LogP contribution in [0.3, 0.4) is 0 Å². The van der Waals surface area contributed by atoms with Crippen LogP contribution in [-0.2, 0) is 19.2 Å². The molecule has 0 spiro atoms. The fraction of sp³-hybridized carbons (Fsp3) is 0.167. The third-order valence-electron chi connectivity index (χ3n) is 2.28. The first-order chi connectivity index (χ1) is 8.66. The molecule has 92 valence electrons. The van der Waals surface area contributed by atoms with Gasteiger partial charge in [-0.3, -0.25) is 14.6 Å². The van der Waals surface area contributed by atoms with Gasteiger partial charge in [-0.05, 0) is 17.7 Å². The molecule has 0 N–H and O–H groups in total. The van der Waals surface area contributed by atoms with E-state index in [9.17, 15) is 14.4 Å². The number of pyridine rings is 1. The molecule has 1 saturated heterocycles. The molecule has 1 aromatic heterocycles. The highest BCUT2D eigenvalue weighted by Crippen LogP contribution is 2.12. The summed E-state index contributed by atoms with van der Waals surface area (Å²) >= 11 is 0. The van der Waals surface area contributed by atoms with Crippen molar-refractivity contribution >= 4 is 23.9 Å². The molecule has 1 aliphatic heterocycles. The van der Waals surface area contributed by atoms with Crippen molar-refractivity contribution in [2.75, 3.05) is 0 Å². The standard InChI is InChI=1S/C12H10N2O4/c15-10-4-5-11(16)14(10)18-12(17)6-3-9-2-1-7-13-8-9/h1-3,6-8H,4-5H2/b6-3+. The van der Waals surface area contributed by atoms with E-state index < -0.39 is 17.8 Å². The SMILES string of the molecule is O=C(/C=C/c1cccnc1)ON1C(=O)CCC1=O. The molecule has 2 rings (SSSR count). The van der Waals surface area contributed by atoms with Crippen LogP contribution in [-0.4, -0.2) is 27.8 Å². The summed E-state index contributed by atoms with van der Waals surface area (Å²) in [7, 11) is 0. The van der Waals surface area contributed by atoms with Crippen LogP contribution in [0.4, 0.5) is 0 Å². The molecule has 2 heterocycles. The summed E-state index contributed by atoms with van der Waals surface area (Å²) in [4.78, 5) is 42.3. The van der Waals surface area contributed by atoms with Gasteiger partial charge in [0.15, 0.2) is 0 Å². The van der Waals surface area contributed by atoms with Crippen molar-refractivity contribution in [2.24, 2.45) is 0 Å². The highest BCUT2D eigenvalue weighted by atomic mass is 16.7. The number of carbonyl (C=O) groups excluding carboxylic acids is 3. The summed E-state index contributed by atoms with van der Waals surface area (Å²) in [5.41, 5.74) is 0.716. The van der Waals surface area contributed by atoms with E-state index in [1.807, 2.05) is 0 Å². The minimum atomic E-state index is -0.776. The quantitative estimate of drug-likeness (QED) is 0.579. The number of carbonyl (C=O) groups is 3. The number of amides is 2. The monoisotopic (exact) mass is 246 g/mol. The molecule has 18 heavy (non-hydrogen) atoms. The molecule has 0 saturated carbocycles. The summed E-state index contributed by atoms with van der Waals surface area (Å²) in [6, 6.07) is 3.47. The maximum absolute atomic E-state index is 11.4. The normalized spacial score (nSPS) is 15.4. The lowest BCUT2D eigenvalue weighted by Crippen LogP contribution is -2.31. The zero-order valence-electron chi connectivity index (χ0n) is 9.41. The van der Waals surface area contributed by atoms with Crippen molar-refractivity contribution in [1.29, 1.82) is 0 Å². The minimum Gasteiger partial charge on any atom is -0.326 e. The lowest BCUT2D eigenvalue weighted by atomic mass is 10.3. The van der Waals surface area contributed by atoms with Gasteiger partial charge in [-0.15, -0.1) is 5.06 Å². The number of aromatic nitrogens is 1. The zero-order valence-corrected chi connectivity index (χ0v) is 9.41. The Morgan fingerprint density at radius 3 is 2.67 bits per heavy atom. The van der Waals surface area contributed by atoms with E-state index in [2.05, 4.69) is 9.82 Å². The second kappa shape index (κ2) is 5.22. The Kier molecular flexibility index (Phi) is 3.47. The highest BCUT2D eigenvalue weighted by Gasteiger charge is 2.32. The van der Waals surface area contributed by atoms with E-state index in [1.54, 1.807) is 24.5 Å². The minimum absolute atomic E-state index is 0.0818. The number of rotatable bonds is 3. The summed E-state index contributed by atoms with van der Waals surface area (Å²) in [5.74, 6) is -1.77. The van der Waals surface area contributed by atoms with Gasteiger partial charge in [-0.25, -0.2) is 4.79 Å². The summed E-state index contributed by atoms with van der Waals surface area (Å²) in [6.07, 6.45) is 5.96. The van der Waals surface area contributed by atoms with Crippen LogP contribution < -0.4 is 0 Å². The molecule has 0 atom stereocenters. The van der Waals surface area contributed by atoms with E-state index in [-0.39, 0.29) is 12.8 Å². The number of hydrogen-bond donors (Lipinski definition) is 0. The Morgan fingerprint density at radius 2 is 2.06 bits per heavy atom. The summed E-state index contributed by atoms with van der Waals surface area (Å²) in [6.45, 7) is 0. The third kappa shape index (κ3) is 2.79. The maximum atomic E-state index is 11.4. The Hall–Kier alpha value is -2.50. The van der Waals surface area contributed by atoms with Gasteiger partial charge >= 0.3 is 5.97 Å². The summed E-state index contributed by atoms with van der Waals surface area (Å²) < 4.78 is 0. The second-order valence-electron chi connectivity index (χ2n) is 3.61. The van der Waals surface area contributed by atoms with Crippen molar-refractivity contribution in [1.82, 2.24) is 10.0 Å². The second-order valence-corrected chi connectivity index (χ2v) is 3.61. The van der Waals surface area contributed by atoms with Gasteiger partial charge in [-0.1, -0.05) is 6.07 Å². The number of imide groups is 1. The van der Waals surface area contributed by atoms with Crippen LogP contribution in [0.25, 0.3) is 6.08 Å². The molecule has 1 fully saturated rings. The lowest BCUT2D eigenvalue weighted by molar-refractivity contribution is -0.193. The number of hydroxylamine groups is 2. The molecule has 0 unspecified atom stereocenters. The van der Waals surface area contributed by atoms with Crippen LogP contribution in [0.15, 0.2) is 30.6 Å². The van der Waals surface area contributed by atoms with Gasteiger partial charge in [0.1, 0.15) is 0 Å². The van der Waals surface area contributed by atoms with Gasteiger partial charge in [0.05, 0.1) is 0 Å². The molecule has 6 heteroatoms. The smallest absolute Gasteiger partial charge is 0.326 e. The van der Waals surface area contributed by atoms with Crippen molar-refractivity contribution in [3.05, 3.63) is 36.2 Å². The van der Waals surface area contributed by atoms with E-state index >= 15 is 0 Å². The molecular weight excluding hydrogens is 236 g/mol. The van der Waals surface area contributed by atoms with Crippen molar-refractivity contribution < 1.29 is 19.2 Å². The van der Waals surface area contributed by atoms with E-state index in [0.717, 1.165) is 6.08 Å². The molecule has 1 aliphatic rings. The van der Waals surface area contributed by atoms with Crippen LogP contribution in [0.1, 0.15) is 18.4 Å². The van der Waals surface area contributed by atoms with Crippen molar-refractivity contribution in [3.63, 3.8) is 0 Å². The number of hydrogen-bond acceptors (Lipinski definition) is 5. The van der Waals surface area contributed by atoms with E-state index in [0.29, 0.717) is 10.6 Å². The van der Waals surface area contributed by atoms with Crippen molar-refractivity contribution in [2.45, 2.75) is 12.8 Å². The van der Waals surface area contributed by atoms with Crippen LogP contribution in [0.2, 0.25) is 0 Å². The average Bonchev–Trinajstić information content (AvgIpc) is 2.69.